The van der Waals surface area contributed by atoms with Crippen molar-refractivity contribution in [3.8, 4) is 0 Å². The zero-order valence-electron chi connectivity index (χ0n) is 11.6. The number of hydrogen-bond acceptors (Lipinski definition) is 6. The van der Waals surface area contributed by atoms with Crippen molar-refractivity contribution in [2.45, 2.75) is 32.3 Å². The van der Waals surface area contributed by atoms with Crippen LogP contribution in [-0.2, 0) is 11.2 Å². The third kappa shape index (κ3) is 5.09. The molecule has 0 fully saturated rings. The van der Waals surface area contributed by atoms with Crippen LogP contribution < -0.4 is 5.23 Å². The lowest BCUT2D eigenvalue weighted by atomic mass is 9.86. The highest BCUT2D eigenvalue weighted by Gasteiger charge is 2.33. The molecule has 1 aromatic rings. The van der Waals surface area contributed by atoms with Crippen molar-refractivity contribution in [3.63, 3.8) is 0 Å². The Kier molecular flexibility index (Phi) is 6.29. The molecule has 0 aliphatic heterocycles. The van der Waals surface area contributed by atoms with E-state index in [0.717, 1.165) is 5.56 Å². The maximum Gasteiger partial charge on any atom is 0.374 e. The van der Waals surface area contributed by atoms with E-state index in [1.807, 2.05) is 0 Å². The number of aliphatic hydroxyl groups excluding tert-OH is 1. The van der Waals surface area contributed by atoms with Gasteiger partial charge in [-0.2, -0.15) is 0 Å². The van der Waals surface area contributed by atoms with Crippen LogP contribution in [0.4, 0.5) is 5.69 Å². The molecule has 0 saturated carbocycles. The summed E-state index contributed by atoms with van der Waals surface area (Å²) < 4.78 is 0. The Balaban J connectivity index is 0.000000491. The van der Waals surface area contributed by atoms with Gasteiger partial charge in [-0.1, -0.05) is 6.07 Å². The molecule has 0 spiro atoms. The van der Waals surface area contributed by atoms with Crippen LogP contribution in [0.15, 0.2) is 18.2 Å². The summed E-state index contributed by atoms with van der Waals surface area (Å²) in [5.74, 6) is 0. The second kappa shape index (κ2) is 7.51. The molecule has 1 aromatic carbocycles. The van der Waals surface area contributed by atoms with Crippen molar-refractivity contribution >= 4 is 29.6 Å². The van der Waals surface area contributed by atoms with Crippen molar-refractivity contribution in [2.24, 2.45) is 0 Å². The highest BCUT2D eigenvalue weighted by Crippen LogP contribution is 2.34. The first-order valence-electron chi connectivity index (χ1n) is 6.27. The van der Waals surface area contributed by atoms with Crippen molar-refractivity contribution in [3.05, 3.63) is 39.4 Å². The average Bonchev–Trinajstić information content (AvgIpc) is 2.64. The van der Waals surface area contributed by atoms with Crippen LogP contribution in [-0.4, -0.2) is 33.5 Å². The minimum Gasteiger partial charge on any atom is -0.437 e. The molecule has 2 unspecified atom stereocenters. The monoisotopic (exact) mass is 314 g/mol. The molecule has 0 bridgehead atoms. The van der Waals surface area contributed by atoms with Gasteiger partial charge in [0.05, 0.1) is 17.1 Å². The predicted molar refractivity (Wildman–Crippen MR) is 79.1 cm³/mol. The van der Waals surface area contributed by atoms with E-state index in [1.165, 1.54) is 19.1 Å². The van der Waals surface area contributed by atoms with Gasteiger partial charge in [0.1, 0.15) is 0 Å². The quantitative estimate of drug-likeness (QED) is 0.332. The zero-order chi connectivity index (χ0) is 16.2. The molecule has 21 heavy (non-hydrogen) atoms. The van der Waals surface area contributed by atoms with Gasteiger partial charge in [-0.15, -0.1) is 0 Å². The number of benzene rings is 1. The third-order valence-corrected chi connectivity index (χ3v) is 2.91. The summed E-state index contributed by atoms with van der Waals surface area (Å²) in [5, 5.41) is 32.2. The lowest BCUT2D eigenvalue weighted by molar-refractivity contribution is -0.384. The summed E-state index contributed by atoms with van der Waals surface area (Å²) in [4.78, 5) is 19.4. The summed E-state index contributed by atoms with van der Waals surface area (Å²) in [7, 11) is -0.778. The topological polar surface area (TPSA) is 113 Å². The summed E-state index contributed by atoms with van der Waals surface area (Å²) in [6.07, 6.45) is -0.223. The molecule has 0 saturated heterocycles. The summed E-state index contributed by atoms with van der Waals surface area (Å²) in [6, 6.07) is 4.08. The molecule has 1 aliphatic carbocycles. The van der Waals surface area contributed by atoms with Gasteiger partial charge >= 0.3 is 7.05 Å². The fraction of sp³-hybridized carbons (Fsp3) is 0.417. The predicted octanol–water partition coefficient (Wildman–Crippen LogP) is 1.02. The van der Waals surface area contributed by atoms with E-state index >= 15 is 0 Å². The van der Waals surface area contributed by atoms with E-state index in [9.17, 15) is 25.0 Å². The Bertz CT molecular complexity index is 536. The van der Waals surface area contributed by atoms with Gasteiger partial charge in [0, 0.05) is 25.5 Å². The SMILES string of the molecule is CB(O)NC1c2cc([N+](=O)[O-])ccc2CC1O.CC(=O)Cl. The maximum absolute atomic E-state index is 10.7. The Labute approximate surface area is 127 Å². The minimum absolute atomic E-state index is 0.00440. The maximum atomic E-state index is 10.7. The average molecular weight is 315 g/mol. The fourth-order valence-corrected chi connectivity index (χ4v) is 2.18. The summed E-state index contributed by atoms with van der Waals surface area (Å²) in [5.41, 5.74) is 1.56. The largest absolute Gasteiger partial charge is 0.437 e. The van der Waals surface area contributed by atoms with Crippen molar-refractivity contribution in [1.82, 2.24) is 5.23 Å². The van der Waals surface area contributed by atoms with Gasteiger partial charge in [-0.25, -0.2) is 0 Å². The number of rotatable bonds is 3. The second-order valence-electron chi connectivity index (χ2n) is 4.70. The van der Waals surface area contributed by atoms with Crippen LogP contribution in [0.25, 0.3) is 0 Å². The molecule has 2 atom stereocenters. The minimum atomic E-state index is -0.778. The van der Waals surface area contributed by atoms with Gasteiger partial charge in [-0.05, 0) is 29.6 Å². The van der Waals surface area contributed by atoms with Gasteiger partial charge in [0.15, 0.2) is 0 Å². The van der Waals surface area contributed by atoms with Gasteiger partial charge in [-0.3, -0.25) is 14.9 Å². The Hall–Kier alpha value is -1.48. The number of halogens is 1. The molecule has 3 N–H and O–H groups in total. The van der Waals surface area contributed by atoms with Gasteiger partial charge in [0.2, 0.25) is 5.24 Å². The van der Waals surface area contributed by atoms with E-state index in [1.54, 1.807) is 12.9 Å². The van der Waals surface area contributed by atoms with Crippen LogP contribution in [0.1, 0.15) is 24.1 Å². The van der Waals surface area contributed by atoms with Crippen molar-refractivity contribution < 1.29 is 19.8 Å². The number of aliphatic hydroxyl groups is 1. The van der Waals surface area contributed by atoms with Crippen LogP contribution >= 0.6 is 11.6 Å². The summed E-state index contributed by atoms with van der Waals surface area (Å²) >= 11 is 4.64. The molecule has 7 nitrogen and oxygen atoms in total. The normalized spacial score (nSPS) is 19.3. The number of nitro benzene ring substituents is 1. The van der Waals surface area contributed by atoms with Crippen LogP contribution in [0, 0.1) is 10.1 Å². The second-order valence-corrected chi connectivity index (χ2v) is 5.23. The Morgan fingerprint density at radius 2 is 2.14 bits per heavy atom. The lowest BCUT2D eigenvalue weighted by Gasteiger charge is -2.18. The molecule has 0 radical (unpaired) electrons. The number of nitrogens with zero attached hydrogens (tertiary/aromatic N) is 1. The molecular formula is C12H16BClN2O5. The first kappa shape index (κ1) is 17.6. The molecule has 0 amide bonds. The van der Waals surface area contributed by atoms with Crippen molar-refractivity contribution in [2.75, 3.05) is 0 Å². The molecule has 1 aliphatic rings. The number of nitrogens with one attached hydrogen (secondary N) is 1. The zero-order valence-corrected chi connectivity index (χ0v) is 12.4. The number of fused-ring (bicyclic) bond motifs is 1. The Morgan fingerprint density at radius 3 is 2.62 bits per heavy atom. The van der Waals surface area contributed by atoms with Crippen LogP contribution in [0.3, 0.4) is 0 Å². The van der Waals surface area contributed by atoms with Gasteiger partial charge in [0.25, 0.3) is 5.69 Å². The van der Waals surface area contributed by atoms with Gasteiger partial charge < -0.3 is 15.4 Å². The Morgan fingerprint density at radius 1 is 1.57 bits per heavy atom. The van der Waals surface area contributed by atoms with E-state index in [-0.39, 0.29) is 10.9 Å². The van der Waals surface area contributed by atoms with E-state index < -0.39 is 24.1 Å². The number of carbonyl (C=O) groups excluding carboxylic acids is 1. The third-order valence-electron chi connectivity index (χ3n) is 2.91. The molecule has 9 heteroatoms. The van der Waals surface area contributed by atoms with E-state index in [4.69, 9.17) is 0 Å². The van der Waals surface area contributed by atoms with Crippen molar-refractivity contribution in [1.29, 1.82) is 0 Å². The molecular weight excluding hydrogens is 298 g/mol. The number of non-ortho nitro benzene ring substituents is 1. The van der Waals surface area contributed by atoms with E-state index in [0.29, 0.717) is 12.0 Å². The van der Waals surface area contributed by atoms with E-state index in [2.05, 4.69) is 16.8 Å². The molecule has 0 heterocycles. The number of carbonyl (C=O) groups is 1. The number of nitro groups is 1. The summed E-state index contributed by atoms with van der Waals surface area (Å²) in [6.45, 7) is 2.84. The molecule has 0 aromatic heterocycles. The van der Waals surface area contributed by atoms with Crippen LogP contribution in [0.2, 0.25) is 6.82 Å². The lowest BCUT2D eigenvalue weighted by Crippen LogP contribution is -2.38. The first-order valence-corrected chi connectivity index (χ1v) is 6.65. The number of hydrogen-bond donors (Lipinski definition) is 3. The first-order chi connectivity index (χ1) is 9.72. The standard InChI is InChI=1S/C10H13BN2O4.C2H3ClO/c1-11(15)12-10-8-5-7(13(16)17)3-2-6(8)4-9(10)14;1-2(3)4/h2-3,5,9-10,12,14-15H,4H2,1H3;1H3. The van der Waals surface area contributed by atoms with Crippen LogP contribution in [0.5, 0.6) is 0 Å². The smallest absolute Gasteiger partial charge is 0.374 e. The highest BCUT2D eigenvalue weighted by atomic mass is 35.5. The fourth-order valence-electron chi connectivity index (χ4n) is 2.18. The highest BCUT2D eigenvalue weighted by molar-refractivity contribution is 6.62. The molecule has 2 rings (SSSR count). The molecule has 114 valence electrons.